The van der Waals surface area contributed by atoms with Crippen molar-refractivity contribution in [1.29, 1.82) is 0 Å². The van der Waals surface area contributed by atoms with E-state index in [1.54, 1.807) is 46.0 Å². The first kappa shape index (κ1) is 99.0. The van der Waals surface area contributed by atoms with Gasteiger partial charge in [-0.25, -0.2) is 56.7 Å². The van der Waals surface area contributed by atoms with Crippen molar-refractivity contribution in [3.63, 3.8) is 0 Å². The number of halogens is 3. The molecule has 742 valence electrons. The van der Waals surface area contributed by atoms with Gasteiger partial charge in [0, 0.05) is 221 Å². The number of hydrogen-bond acceptors (Lipinski definition) is 33. The topological polar surface area (TPSA) is 399 Å². The molecule has 17 heterocycles. The van der Waals surface area contributed by atoms with E-state index in [1.165, 1.54) is 22.8 Å². The minimum atomic E-state index is -4.59. The Morgan fingerprint density at radius 2 is 1.08 bits per heavy atom. The van der Waals surface area contributed by atoms with Gasteiger partial charge in [0.05, 0.1) is 148 Å². The second-order valence-corrected chi connectivity index (χ2v) is 40.2. The van der Waals surface area contributed by atoms with Crippen LogP contribution in [0.3, 0.4) is 0 Å². The molecule has 15 aromatic rings. The molecule has 0 aliphatic carbocycles. The van der Waals surface area contributed by atoms with Crippen molar-refractivity contribution < 1.29 is 68.0 Å². The highest BCUT2D eigenvalue weighted by atomic mass is 32.2. The molecule has 22 rings (SSSR count). The normalized spacial score (nSPS) is 16.5. The highest BCUT2D eigenvalue weighted by molar-refractivity contribution is 7.89. The molecule has 5 N–H and O–H groups in total. The number of aromatic nitrogens is 13. The summed E-state index contributed by atoms with van der Waals surface area (Å²) < 4.78 is 129. The van der Waals surface area contributed by atoms with Gasteiger partial charge in [0.15, 0.2) is 38.6 Å². The molecule has 0 unspecified atom stereocenters. The van der Waals surface area contributed by atoms with E-state index in [9.17, 15) is 34.8 Å². The number of fused-ring (bicyclic) bond motifs is 4. The predicted molar refractivity (Wildman–Crippen MR) is 543 cm³/mol. The summed E-state index contributed by atoms with van der Waals surface area (Å²) in [6, 6.07) is 53.5. The van der Waals surface area contributed by atoms with E-state index < -0.39 is 31.6 Å². The van der Waals surface area contributed by atoms with Gasteiger partial charge in [0.25, 0.3) is 0 Å². The number of alkyl halides is 3. The summed E-state index contributed by atoms with van der Waals surface area (Å²) >= 11 is 1.73. The highest BCUT2D eigenvalue weighted by Gasteiger charge is 2.36. The number of morpholine rings is 6. The Hall–Kier alpha value is -13.2. The number of aromatic amines is 2. The number of aliphatic hydroxyl groups is 1. The third-order valence-corrected chi connectivity index (χ3v) is 28.3. The number of nitrogen functional groups attached to an aromatic ring is 1. The fraction of sp³-hybridized carbons (Fsp3) is 0.366. The van der Waals surface area contributed by atoms with E-state index in [0.29, 0.717) is 170 Å². The summed E-state index contributed by atoms with van der Waals surface area (Å²) in [5.41, 5.74) is 16.5. The number of nitrogens with zero attached hydrogens (tertiary/aromatic N) is 19. The number of anilines is 7. The van der Waals surface area contributed by atoms with E-state index in [0.717, 1.165) is 193 Å². The monoisotopic (exact) mass is 1990 g/mol. The molecular weight excluding hydrogens is 1880 g/mol. The molecule has 0 bridgehead atoms. The molecule has 0 saturated carbocycles. The number of para-hydroxylation sites is 1. The van der Waals surface area contributed by atoms with E-state index in [4.69, 9.17) is 63.6 Å². The molecular formula is C101H111F3N22O13S3. The lowest BCUT2D eigenvalue weighted by molar-refractivity contribution is -0.137. The zero-order chi connectivity index (χ0) is 98.1. The number of pyridine rings is 2. The molecule has 41 heteroatoms. The summed E-state index contributed by atoms with van der Waals surface area (Å²) in [6.45, 7) is 19.2. The molecule has 142 heavy (non-hydrogen) atoms. The van der Waals surface area contributed by atoms with Crippen LogP contribution in [0.1, 0.15) is 39.6 Å². The van der Waals surface area contributed by atoms with E-state index >= 15 is 0 Å². The van der Waals surface area contributed by atoms with Crippen molar-refractivity contribution in [2.75, 3.05) is 232 Å². The molecule has 7 aliphatic heterocycles. The van der Waals surface area contributed by atoms with Crippen molar-refractivity contribution in [2.24, 2.45) is 0 Å². The Bertz CT molecular complexity index is 7080. The number of aryl methyl sites for hydroxylation is 2. The van der Waals surface area contributed by atoms with Gasteiger partial charge in [-0.15, -0.1) is 11.3 Å². The van der Waals surface area contributed by atoms with Crippen LogP contribution in [0.25, 0.3) is 99.4 Å². The van der Waals surface area contributed by atoms with Crippen LogP contribution >= 0.6 is 11.3 Å². The first-order valence-corrected chi connectivity index (χ1v) is 52.0. The standard InChI is InChI=1S/C24H25N5O.C23H27N7O3S2.C19H17NO3.C18H21F3N6O2.C17H21N3O4S/c1-2-11-25-18(5-1)6-3-9-23-27-22(17-24(28-23)29-13-15-30-16-14-29)19-7-4-8-21-20(19)10-12-26-21;1-35(31,32)30-7-5-28(6-8-30)15-16-13-20-21(34-16)23(29-9-11-33-12-10-29)26-22(25-20)17-3-2-4-19-18(17)14-24-27-19;21-17-13-18(20-9-11-22-12-10-20)23-19-15(7-4-8-16(17)19)14-5-2-1-3-6-14;19-18(20,21)13-9-15(22)23-11-12(13)14-10-16(26-1-5-28-6-2-26)25-17(24-14)27-3-7-29-8-4-27;1-25(22,23)12-15-10-16(20-6-8-24-9-7-20)19-17(18-15)14-4-2-13(11-21)3-5-14/h1-2,4-5,7-8,10-12,17,26H,3,6,9,13-16H2;2-4,13-14H,5-12,15H2,1H3,(H,24,27);1-8,13H,9-12H2;9-11H,1-8H2,(H2,22,23);2-5,10,21H,6-9,11-12H2,1H3. The van der Waals surface area contributed by atoms with Crippen molar-refractivity contribution >= 4 is 115 Å². The van der Waals surface area contributed by atoms with E-state index in [2.05, 4.69) is 112 Å². The Kier molecular flexibility index (Phi) is 31.9. The van der Waals surface area contributed by atoms with Crippen LogP contribution in [0.15, 0.2) is 204 Å². The number of thiophene rings is 1. The zero-order valence-corrected chi connectivity index (χ0v) is 81.2. The Morgan fingerprint density at radius 1 is 0.486 bits per heavy atom. The largest absolute Gasteiger partial charge is 0.440 e. The van der Waals surface area contributed by atoms with Crippen LogP contribution in [-0.4, -0.2) is 293 Å². The molecule has 0 radical (unpaired) electrons. The van der Waals surface area contributed by atoms with Gasteiger partial charge >= 0.3 is 6.18 Å². The zero-order valence-electron chi connectivity index (χ0n) is 78.8. The van der Waals surface area contributed by atoms with Crippen molar-refractivity contribution in [1.82, 2.24) is 74.2 Å². The fourth-order valence-electron chi connectivity index (χ4n) is 17.7. The number of sulfone groups is 1. The number of H-pyrrole nitrogens is 2. The van der Waals surface area contributed by atoms with Gasteiger partial charge in [0.2, 0.25) is 16.0 Å². The molecule has 0 amide bonds. The average Bonchev–Trinajstić information content (AvgIpc) is 1.54. The molecule has 10 aromatic heterocycles. The van der Waals surface area contributed by atoms with Crippen LogP contribution in [0, 0.1) is 0 Å². The maximum Gasteiger partial charge on any atom is 0.417 e. The van der Waals surface area contributed by atoms with Crippen molar-refractivity contribution in [3.8, 4) is 56.4 Å². The second kappa shape index (κ2) is 45.8. The molecule has 0 spiro atoms. The first-order chi connectivity index (χ1) is 69.0. The minimum Gasteiger partial charge on any atom is -0.440 e. The number of ether oxygens (including phenoxy) is 6. The minimum absolute atomic E-state index is 0.00878. The fourth-order valence-corrected chi connectivity index (χ4v) is 20.3. The smallest absolute Gasteiger partial charge is 0.417 e. The van der Waals surface area contributed by atoms with Gasteiger partial charge in [-0.05, 0) is 72.5 Å². The third kappa shape index (κ3) is 25.1. The summed E-state index contributed by atoms with van der Waals surface area (Å²) in [7, 11) is -6.34. The van der Waals surface area contributed by atoms with Crippen molar-refractivity contribution in [2.45, 2.75) is 44.3 Å². The van der Waals surface area contributed by atoms with Crippen LogP contribution in [0.5, 0.6) is 0 Å². The number of aliphatic hydroxyl groups excluding tert-OH is 1. The van der Waals surface area contributed by atoms with Gasteiger partial charge < -0.3 is 78.1 Å². The van der Waals surface area contributed by atoms with Crippen LogP contribution in [0.2, 0.25) is 0 Å². The van der Waals surface area contributed by atoms with E-state index in [-0.39, 0.29) is 34.9 Å². The summed E-state index contributed by atoms with van der Waals surface area (Å²) in [4.78, 5) is 78.2. The van der Waals surface area contributed by atoms with E-state index in [1.807, 2.05) is 119 Å². The number of hydrogen-bond donors (Lipinski definition) is 4. The molecule has 7 aliphatic rings. The number of benzene rings is 5. The Labute approximate surface area is 822 Å². The second-order valence-electron chi connectivity index (χ2n) is 34.9. The van der Waals surface area contributed by atoms with Gasteiger partial charge in [0.1, 0.15) is 34.7 Å². The quantitative estimate of drug-likeness (QED) is 0.0519. The predicted octanol–water partition coefficient (Wildman–Crippen LogP) is 12.3. The Balaban J connectivity index is 0.000000118. The number of piperazine rings is 1. The van der Waals surface area contributed by atoms with Crippen LogP contribution in [-0.2, 0) is 86.2 Å². The summed E-state index contributed by atoms with van der Waals surface area (Å²) in [5.74, 6) is 5.93. The SMILES string of the molecule is CS(=O)(=O)Cc1cc(N2CCOCC2)nc(-c2ccc(CO)cc2)n1.CS(=O)(=O)N1CCN(Cc2cc3nc(-c4cccc5[nH]ncc45)nc(N4CCOCC4)c3s2)CC1.Nc1cc(C(F)(F)F)c(-c2cc(N3CCOCC3)nc(N3CCOCC3)n2)cn1.O=c1cc(N2CCOCC2)oc2c(-c3ccccc3)cccc12.c1ccc(CCCc2nc(-c3cccc4[nH]ccc34)cc(N3CCOCC3)n2)nc1. The molecule has 5 aromatic carbocycles. The maximum atomic E-state index is 13.6. The van der Waals surface area contributed by atoms with Crippen molar-refractivity contribution in [3.05, 3.63) is 238 Å². The van der Waals surface area contributed by atoms with Gasteiger partial charge in [-0.1, -0.05) is 97.1 Å². The molecule has 35 nitrogen and oxygen atoms in total. The lowest BCUT2D eigenvalue weighted by Gasteiger charge is -2.32. The van der Waals surface area contributed by atoms with Crippen LogP contribution in [0.4, 0.5) is 54.1 Å². The number of rotatable bonds is 21. The summed E-state index contributed by atoms with van der Waals surface area (Å²) in [5, 5.41) is 19.2. The number of sulfonamides is 1. The lowest BCUT2D eigenvalue weighted by atomic mass is 10.0. The highest BCUT2D eigenvalue weighted by Crippen LogP contribution is 2.41. The molecule has 7 fully saturated rings. The number of nitrogens with two attached hydrogens (primary N) is 1. The Morgan fingerprint density at radius 3 is 1.72 bits per heavy atom. The molecule has 7 saturated heterocycles. The number of nitrogens with one attached hydrogen (secondary N) is 2. The van der Waals surface area contributed by atoms with Gasteiger partial charge in [-0.2, -0.15) is 27.6 Å². The average molecular weight is 1990 g/mol. The van der Waals surface area contributed by atoms with Gasteiger partial charge in [-0.3, -0.25) is 19.8 Å². The molecule has 0 atom stereocenters. The maximum absolute atomic E-state index is 13.6. The lowest BCUT2D eigenvalue weighted by Crippen LogP contribution is -2.47. The summed E-state index contributed by atoms with van der Waals surface area (Å²) in [6.07, 6.45) is 7.37. The third-order valence-electron chi connectivity index (χ3n) is 25.0. The van der Waals surface area contributed by atoms with Crippen LogP contribution < -0.4 is 40.6 Å². The first-order valence-electron chi connectivity index (χ1n) is 47.3.